The van der Waals surface area contributed by atoms with Crippen molar-refractivity contribution < 1.29 is 9.47 Å². The van der Waals surface area contributed by atoms with Crippen molar-refractivity contribution in [1.29, 1.82) is 0 Å². The van der Waals surface area contributed by atoms with Crippen molar-refractivity contribution in [1.82, 2.24) is 0 Å². The van der Waals surface area contributed by atoms with Crippen LogP contribution < -0.4 is 0 Å². The predicted octanol–water partition coefficient (Wildman–Crippen LogP) is 2.33. The van der Waals surface area contributed by atoms with Crippen LogP contribution in [-0.2, 0) is 9.47 Å². The van der Waals surface area contributed by atoms with Crippen LogP contribution in [-0.4, -0.2) is 19.5 Å². The number of hydrogen-bond donors (Lipinski definition) is 0. The number of rotatable bonds is 3. The van der Waals surface area contributed by atoms with Gasteiger partial charge in [0, 0.05) is 13.0 Å². The maximum atomic E-state index is 5.66. The molecular weight excluding hydrogens is 152 g/mol. The summed E-state index contributed by atoms with van der Waals surface area (Å²) >= 11 is 0. The fourth-order valence-corrected chi connectivity index (χ4v) is 2.10. The quantitative estimate of drug-likeness (QED) is 0.647. The van der Waals surface area contributed by atoms with Crippen molar-refractivity contribution in [3.8, 4) is 0 Å². The largest absolute Gasteiger partial charge is 0.353 e. The Hall–Kier alpha value is -0.0800. The maximum Gasteiger partial charge on any atom is 0.157 e. The van der Waals surface area contributed by atoms with E-state index in [-0.39, 0.29) is 6.29 Å². The Labute approximate surface area is 74.2 Å². The molecule has 1 heterocycles. The SMILES string of the molecule is C1CCC(COC2CCCO2)C1. The molecule has 0 aromatic rings. The Morgan fingerprint density at radius 2 is 1.92 bits per heavy atom. The molecule has 0 spiro atoms. The monoisotopic (exact) mass is 170 g/mol. The second kappa shape index (κ2) is 4.24. The van der Waals surface area contributed by atoms with E-state index in [1.54, 1.807) is 0 Å². The summed E-state index contributed by atoms with van der Waals surface area (Å²) in [5.41, 5.74) is 0. The van der Waals surface area contributed by atoms with Gasteiger partial charge in [0.1, 0.15) is 0 Å². The fraction of sp³-hybridized carbons (Fsp3) is 1.00. The Kier molecular flexibility index (Phi) is 3.01. The van der Waals surface area contributed by atoms with Gasteiger partial charge in [-0.3, -0.25) is 0 Å². The molecule has 0 bridgehead atoms. The summed E-state index contributed by atoms with van der Waals surface area (Å²) in [5.74, 6) is 0.828. The third kappa shape index (κ3) is 2.20. The van der Waals surface area contributed by atoms with Crippen LogP contribution in [0.1, 0.15) is 38.5 Å². The topological polar surface area (TPSA) is 18.5 Å². The van der Waals surface area contributed by atoms with Gasteiger partial charge < -0.3 is 9.47 Å². The summed E-state index contributed by atoms with van der Waals surface area (Å²) in [5, 5.41) is 0. The molecule has 12 heavy (non-hydrogen) atoms. The van der Waals surface area contributed by atoms with Gasteiger partial charge in [-0.05, 0) is 25.2 Å². The van der Waals surface area contributed by atoms with E-state index >= 15 is 0 Å². The first-order chi connectivity index (χ1) is 5.95. The summed E-state index contributed by atoms with van der Waals surface area (Å²) in [6.45, 7) is 1.83. The van der Waals surface area contributed by atoms with Crippen LogP contribution in [0, 0.1) is 5.92 Å². The molecule has 2 aliphatic rings. The Morgan fingerprint density at radius 3 is 2.58 bits per heavy atom. The highest BCUT2D eigenvalue weighted by molar-refractivity contribution is 4.67. The Bertz CT molecular complexity index is 108. The lowest BCUT2D eigenvalue weighted by Crippen LogP contribution is -2.15. The van der Waals surface area contributed by atoms with Gasteiger partial charge in [-0.2, -0.15) is 0 Å². The zero-order valence-corrected chi connectivity index (χ0v) is 7.63. The molecule has 1 saturated carbocycles. The molecule has 1 aliphatic carbocycles. The smallest absolute Gasteiger partial charge is 0.157 e. The number of ether oxygens (including phenoxy) is 2. The summed E-state index contributed by atoms with van der Waals surface area (Å²) in [4.78, 5) is 0. The molecule has 2 nitrogen and oxygen atoms in total. The fourth-order valence-electron chi connectivity index (χ4n) is 2.10. The van der Waals surface area contributed by atoms with E-state index in [0.29, 0.717) is 0 Å². The van der Waals surface area contributed by atoms with Gasteiger partial charge in [-0.15, -0.1) is 0 Å². The molecule has 0 aromatic carbocycles. The van der Waals surface area contributed by atoms with E-state index in [1.807, 2.05) is 0 Å². The first-order valence-electron chi connectivity index (χ1n) is 5.18. The van der Waals surface area contributed by atoms with Crippen LogP contribution in [0.4, 0.5) is 0 Å². The Morgan fingerprint density at radius 1 is 1.08 bits per heavy atom. The van der Waals surface area contributed by atoms with Gasteiger partial charge in [-0.1, -0.05) is 12.8 Å². The van der Waals surface area contributed by atoms with Crippen LogP contribution in [0.3, 0.4) is 0 Å². The minimum atomic E-state index is 0.130. The van der Waals surface area contributed by atoms with Crippen LogP contribution in [0.15, 0.2) is 0 Å². The lowest BCUT2D eigenvalue weighted by Gasteiger charge is -2.14. The molecule has 0 aromatic heterocycles. The first kappa shape index (κ1) is 8.52. The van der Waals surface area contributed by atoms with Crippen molar-refractivity contribution in [3.63, 3.8) is 0 Å². The van der Waals surface area contributed by atoms with Crippen molar-refractivity contribution in [2.24, 2.45) is 5.92 Å². The summed E-state index contributed by atoms with van der Waals surface area (Å²) in [6.07, 6.45) is 7.95. The van der Waals surface area contributed by atoms with Gasteiger partial charge in [0.15, 0.2) is 6.29 Å². The molecule has 2 heteroatoms. The third-order valence-corrected chi connectivity index (χ3v) is 2.88. The van der Waals surface area contributed by atoms with E-state index in [9.17, 15) is 0 Å². The van der Waals surface area contributed by atoms with E-state index in [4.69, 9.17) is 9.47 Å². The zero-order valence-electron chi connectivity index (χ0n) is 7.63. The van der Waals surface area contributed by atoms with Crippen LogP contribution in [0.5, 0.6) is 0 Å². The van der Waals surface area contributed by atoms with Gasteiger partial charge in [0.25, 0.3) is 0 Å². The molecule has 0 amide bonds. The van der Waals surface area contributed by atoms with E-state index in [1.165, 1.54) is 32.1 Å². The Balaban J connectivity index is 1.60. The summed E-state index contributed by atoms with van der Waals surface area (Å²) in [7, 11) is 0. The van der Waals surface area contributed by atoms with E-state index < -0.39 is 0 Å². The zero-order chi connectivity index (χ0) is 8.23. The minimum Gasteiger partial charge on any atom is -0.353 e. The van der Waals surface area contributed by atoms with E-state index in [2.05, 4.69) is 0 Å². The van der Waals surface area contributed by atoms with Crippen molar-refractivity contribution in [2.45, 2.75) is 44.8 Å². The highest BCUT2D eigenvalue weighted by Crippen LogP contribution is 2.26. The number of hydrogen-bond acceptors (Lipinski definition) is 2. The van der Waals surface area contributed by atoms with Gasteiger partial charge in [-0.25, -0.2) is 0 Å². The van der Waals surface area contributed by atoms with Crippen molar-refractivity contribution >= 4 is 0 Å². The standard InChI is InChI=1S/C10H18O2/c1-2-5-9(4-1)8-12-10-6-3-7-11-10/h9-10H,1-8H2. The van der Waals surface area contributed by atoms with Gasteiger partial charge in [0.05, 0.1) is 6.61 Å². The van der Waals surface area contributed by atoms with Crippen molar-refractivity contribution in [3.05, 3.63) is 0 Å². The van der Waals surface area contributed by atoms with Gasteiger partial charge in [0.2, 0.25) is 0 Å². The summed E-state index contributed by atoms with van der Waals surface area (Å²) < 4.78 is 11.1. The molecule has 2 rings (SSSR count). The summed E-state index contributed by atoms with van der Waals surface area (Å²) in [6, 6.07) is 0. The lowest BCUT2D eigenvalue weighted by molar-refractivity contribution is -0.119. The molecule has 1 aliphatic heterocycles. The molecule has 0 N–H and O–H groups in total. The molecule has 1 unspecified atom stereocenters. The van der Waals surface area contributed by atoms with Crippen LogP contribution in [0.2, 0.25) is 0 Å². The molecule has 1 atom stereocenters. The predicted molar refractivity (Wildman–Crippen MR) is 46.9 cm³/mol. The molecule has 0 radical (unpaired) electrons. The van der Waals surface area contributed by atoms with E-state index in [0.717, 1.165) is 25.6 Å². The molecular formula is C10H18O2. The van der Waals surface area contributed by atoms with Crippen molar-refractivity contribution in [2.75, 3.05) is 13.2 Å². The van der Waals surface area contributed by atoms with Crippen LogP contribution in [0.25, 0.3) is 0 Å². The second-order valence-corrected chi connectivity index (χ2v) is 3.93. The molecule has 2 fully saturated rings. The average Bonchev–Trinajstić information content (AvgIpc) is 2.74. The highest BCUT2D eigenvalue weighted by Gasteiger charge is 2.20. The molecule has 1 saturated heterocycles. The average molecular weight is 170 g/mol. The third-order valence-electron chi connectivity index (χ3n) is 2.88. The maximum absolute atomic E-state index is 5.66. The normalized spacial score (nSPS) is 31.5. The second-order valence-electron chi connectivity index (χ2n) is 3.93. The van der Waals surface area contributed by atoms with Gasteiger partial charge >= 0.3 is 0 Å². The first-order valence-corrected chi connectivity index (χ1v) is 5.18. The lowest BCUT2D eigenvalue weighted by atomic mass is 10.1. The van der Waals surface area contributed by atoms with Crippen LogP contribution >= 0.6 is 0 Å². The molecule has 70 valence electrons. The minimum absolute atomic E-state index is 0.130. The highest BCUT2D eigenvalue weighted by atomic mass is 16.7.